The van der Waals surface area contributed by atoms with Crippen LogP contribution in [-0.4, -0.2) is 39.2 Å². The van der Waals surface area contributed by atoms with Gasteiger partial charge in [-0.25, -0.2) is 14.6 Å². The van der Waals surface area contributed by atoms with Crippen LogP contribution in [0.15, 0.2) is 31.4 Å². The van der Waals surface area contributed by atoms with E-state index in [1.54, 1.807) is 23.3 Å². The summed E-state index contributed by atoms with van der Waals surface area (Å²) in [4.78, 5) is 26.1. The molecule has 0 aliphatic rings. The Bertz CT molecular complexity index is 402. The number of urea groups is 1. The summed E-state index contributed by atoms with van der Waals surface area (Å²) in [6.45, 7) is 4.41. The highest BCUT2D eigenvalue weighted by Crippen LogP contribution is 1.92. The number of carbonyl (C=O) groups is 2. The van der Waals surface area contributed by atoms with Gasteiger partial charge in [-0.2, -0.15) is 0 Å². The van der Waals surface area contributed by atoms with Crippen molar-refractivity contribution >= 4 is 12.0 Å². The van der Waals surface area contributed by atoms with Crippen LogP contribution in [0.4, 0.5) is 4.79 Å². The maximum absolute atomic E-state index is 11.4. The summed E-state index contributed by atoms with van der Waals surface area (Å²) >= 11 is 0. The van der Waals surface area contributed by atoms with Crippen LogP contribution in [0.3, 0.4) is 0 Å². The van der Waals surface area contributed by atoms with Crippen molar-refractivity contribution in [1.82, 2.24) is 20.2 Å². The minimum absolute atomic E-state index is 0.185. The van der Waals surface area contributed by atoms with Crippen LogP contribution in [0.5, 0.6) is 0 Å². The lowest BCUT2D eigenvalue weighted by Gasteiger charge is -2.13. The van der Waals surface area contributed by atoms with Crippen LogP contribution in [0.1, 0.15) is 6.42 Å². The molecule has 0 saturated carbocycles. The van der Waals surface area contributed by atoms with Crippen LogP contribution in [0, 0.1) is 0 Å². The highest BCUT2D eigenvalue weighted by molar-refractivity contribution is 5.82. The minimum Gasteiger partial charge on any atom is -0.480 e. The van der Waals surface area contributed by atoms with E-state index < -0.39 is 18.0 Å². The largest absolute Gasteiger partial charge is 0.480 e. The minimum atomic E-state index is -1.08. The van der Waals surface area contributed by atoms with E-state index in [4.69, 9.17) is 5.11 Å². The molecule has 0 spiro atoms. The molecule has 18 heavy (non-hydrogen) atoms. The van der Waals surface area contributed by atoms with Crippen LogP contribution >= 0.6 is 0 Å². The first-order chi connectivity index (χ1) is 8.63. The van der Waals surface area contributed by atoms with Crippen molar-refractivity contribution < 1.29 is 14.7 Å². The Balaban J connectivity index is 2.27. The Morgan fingerprint density at radius 1 is 1.56 bits per heavy atom. The fraction of sp³-hybridized carbons (Fsp3) is 0.364. The summed E-state index contributed by atoms with van der Waals surface area (Å²) in [5.74, 6) is -1.08. The normalized spacial score (nSPS) is 11.6. The topological polar surface area (TPSA) is 96.3 Å². The number of aliphatic carboxylic acids is 1. The molecule has 3 N–H and O–H groups in total. The molecule has 0 saturated heterocycles. The number of carboxylic acid groups (broad SMARTS) is 1. The molecule has 0 radical (unpaired) electrons. The van der Waals surface area contributed by atoms with Gasteiger partial charge in [-0.1, -0.05) is 6.08 Å². The second-order valence-corrected chi connectivity index (χ2v) is 3.62. The highest BCUT2D eigenvalue weighted by Gasteiger charge is 2.17. The molecular weight excluding hydrogens is 236 g/mol. The number of aromatic nitrogens is 2. The molecule has 1 rings (SSSR count). The van der Waals surface area contributed by atoms with Gasteiger partial charge in [-0.15, -0.1) is 6.58 Å². The zero-order valence-corrected chi connectivity index (χ0v) is 9.87. The van der Waals surface area contributed by atoms with E-state index in [-0.39, 0.29) is 6.42 Å². The molecule has 98 valence electrons. The first-order valence-electron chi connectivity index (χ1n) is 5.47. The SMILES string of the molecule is C=CCC(NC(=O)NCCn1ccnc1)C(=O)O. The van der Waals surface area contributed by atoms with Gasteiger partial charge < -0.3 is 20.3 Å². The number of carboxylic acids is 1. The molecule has 0 bridgehead atoms. The lowest BCUT2D eigenvalue weighted by atomic mass is 10.2. The van der Waals surface area contributed by atoms with E-state index in [0.717, 1.165) is 0 Å². The molecule has 1 aromatic heterocycles. The van der Waals surface area contributed by atoms with Gasteiger partial charge in [-0.05, 0) is 6.42 Å². The number of nitrogens with zero attached hydrogens (tertiary/aromatic N) is 2. The summed E-state index contributed by atoms with van der Waals surface area (Å²) in [6.07, 6.45) is 6.69. The predicted octanol–water partition coefficient (Wildman–Crippen LogP) is 0.212. The van der Waals surface area contributed by atoms with Crippen molar-refractivity contribution in [3.63, 3.8) is 0 Å². The van der Waals surface area contributed by atoms with Crippen molar-refractivity contribution in [2.24, 2.45) is 0 Å². The number of amides is 2. The average Bonchev–Trinajstić information content (AvgIpc) is 2.81. The third kappa shape index (κ3) is 4.69. The Morgan fingerprint density at radius 2 is 2.33 bits per heavy atom. The molecule has 0 fully saturated rings. The molecule has 0 aromatic carbocycles. The smallest absolute Gasteiger partial charge is 0.326 e. The van der Waals surface area contributed by atoms with Gasteiger partial charge in [0.05, 0.1) is 6.33 Å². The van der Waals surface area contributed by atoms with Gasteiger partial charge in [0.1, 0.15) is 6.04 Å². The number of hydrogen-bond donors (Lipinski definition) is 3. The Labute approximate surface area is 105 Å². The molecule has 0 aliphatic heterocycles. The van der Waals surface area contributed by atoms with E-state index in [2.05, 4.69) is 22.2 Å². The zero-order valence-electron chi connectivity index (χ0n) is 9.87. The molecule has 1 aromatic rings. The van der Waals surface area contributed by atoms with Gasteiger partial charge in [0, 0.05) is 25.5 Å². The van der Waals surface area contributed by atoms with Gasteiger partial charge in [-0.3, -0.25) is 0 Å². The monoisotopic (exact) mass is 252 g/mol. The molecule has 1 atom stereocenters. The molecule has 1 heterocycles. The highest BCUT2D eigenvalue weighted by atomic mass is 16.4. The zero-order chi connectivity index (χ0) is 13.4. The summed E-state index contributed by atoms with van der Waals surface area (Å²) in [5, 5.41) is 13.7. The lowest BCUT2D eigenvalue weighted by molar-refractivity contribution is -0.139. The van der Waals surface area contributed by atoms with Crippen molar-refractivity contribution in [1.29, 1.82) is 0 Å². The third-order valence-corrected chi connectivity index (χ3v) is 2.22. The van der Waals surface area contributed by atoms with E-state index in [1.807, 2.05) is 0 Å². The maximum atomic E-state index is 11.4. The quantitative estimate of drug-likeness (QED) is 0.604. The van der Waals surface area contributed by atoms with Gasteiger partial charge in [0.2, 0.25) is 0 Å². The van der Waals surface area contributed by atoms with Crippen molar-refractivity contribution in [3.8, 4) is 0 Å². The van der Waals surface area contributed by atoms with Crippen LogP contribution in [0.2, 0.25) is 0 Å². The third-order valence-electron chi connectivity index (χ3n) is 2.22. The fourth-order valence-electron chi connectivity index (χ4n) is 1.31. The Morgan fingerprint density at radius 3 is 2.89 bits per heavy atom. The summed E-state index contributed by atoms with van der Waals surface area (Å²) < 4.78 is 1.80. The standard InChI is InChI=1S/C11H16N4O3/c1-2-3-9(10(16)17)14-11(18)13-5-7-15-6-4-12-8-15/h2,4,6,8-9H,1,3,5,7H2,(H,16,17)(H2,13,14,18). The summed E-state index contributed by atoms with van der Waals surface area (Å²) in [7, 11) is 0. The summed E-state index contributed by atoms with van der Waals surface area (Å²) in [6, 6.07) is -1.46. The number of imidazole rings is 1. The molecular formula is C11H16N4O3. The van der Waals surface area contributed by atoms with E-state index in [0.29, 0.717) is 13.1 Å². The first-order valence-corrected chi connectivity index (χ1v) is 5.47. The first kappa shape index (κ1) is 13.8. The number of nitrogens with one attached hydrogen (secondary N) is 2. The average molecular weight is 252 g/mol. The van der Waals surface area contributed by atoms with Crippen molar-refractivity contribution in [2.75, 3.05) is 6.54 Å². The van der Waals surface area contributed by atoms with E-state index >= 15 is 0 Å². The van der Waals surface area contributed by atoms with Gasteiger partial charge >= 0.3 is 12.0 Å². The second-order valence-electron chi connectivity index (χ2n) is 3.62. The van der Waals surface area contributed by atoms with Crippen molar-refractivity contribution in [2.45, 2.75) is 19.0 Å². The van der Waals surface area contributed by atoms with Crippen LogP contribution in [0.25, 0.3) is 0 Å². The maximum Gasteiger partial charge on any atom is 0.326 e. The summed E-state index contributed by atoms with van der Waals surface area (Å²) in [5.41, 5.74) is 0. The van der Waals surface area contributed by atoms with E-state index in [1.165, 1.54) is 6.08 Å². The van der Waals surface area contributed by atoms with E-state index in [9.17, 15) is 9.59 Å². The van der Waals surface area contributed by atoms with Crippen molar-refractivity contribution in [3.05, 3.63) is 31.4 Å². The van der Waals surface area contributed by atoms with Crippen LogP contribution in [-0.2, 0) is 11.3 Å². The number of hydrogen-bond acceptors (Lipinski definition) is 3. The molecule has 1 unspecified atom stereocenters. The van der Waals surface area contributed by atoms with Gasteiger partial charge in [0.25, 0.3) is 0 Å². The fourth-order valence-corrected chi connectivity index (χ4v) is 1.31. The molecule has 0 aliphatic carbocycles. The second kappa shape index (κ2) is 7.10. The number of carbonyl (C=O) groups excluding carboxylic acids is 1. The molecule has 7 heteroatoms. The Kier molecular flexibility index (Phi) is 5.43. The Hall–Kier alpha value is -2.31. The molecule has 7 nitrogen and oxygen atoms in total. The number of rotatable bonds is 7. The molecule has 2 amide bonds. The predicted molar refractivity (Wildman–Crippen MR) is 65.0 cm³/mol. The van der Waals surface area contributed by atoms with Crippen LogP contribution < -0.4 is 10.6 Å². The van der Waals surface area contributed by atoms with Gasteiger partial charge in [0.15, 0.2) is 0 Å². The lowest BCUT2D eigenvalue weighted by Crippen LogP contribution is -2.46.